The zero-order valence-corrected chi connectivity index (χ0v) is 15.7. The predicted molar refractivity (Wildman–Crippen MR) is 110 cm³/mol. The van der Waals surface area contributed by atoms with E-state index in [9.17, 15) is 5.26 Å². The van der Waals surface area contributed by atoms with Crippen LogP contribution in [-0.2, 0) is 13.2 Å². The van der Waals surface area contributed by atoms with Gasteiger partial charge in [0, 0.05) is 10.6 Å². The number of halogens is 1. The highest BCUT2D eigenvalue weighted by molar-refractivity contribution is 6.31. The molecular formula is C22H17ClN4O. The Bertz CT molecular complexity index is 1190. The van der Waals surface area contributed by atoms with Crippen molar-refractivity contribution in [2.24, 2.45) is 0 Å². The van der Waals surface area contributed by atoms with Crippen LogP contribution in [0, 0.1) is 11.3 Å². The first-order chi connectivity index (χ1) is 13.7. The van der Waals surface area contributed by atoms with Crippen LogP contribution in [0.5, 0.6) is 5.88 Å². The molecule has 4 aromatic rings. The summed E-state index contributed by atoms with van der Waals surface area (Å²) in [5, 5.41) is 16.8. The van der Waals surface area contributed by atoms with Crippen LogP contribution in [0.25, 0.3) is 10.8 Å². The Morgan fingerprint density at radius 3 is 2.54 bits per heavy atom. The van der Waals surface area contributed by atoms with Crippen molar-refractivity contribution in [2.75, 3.05) is 5.73 Å². The molecule has 4 rings (SSSR count). The van der Waals surface area contributed by atoms with E-state index in [0.29, 0.717) is 11.6 Å². The van der Waals surface area contributed by atoms with Gasteiger partial charge in [-0.05, 0) is 22.4 Å². The van der Waals surface area contributed by atoms with Gasteiger partial charge < -0.3 is 10.5 Å². The molecule has 1 heterocycles. The van der Waals surface area contributed by atoms with Crippen molar-refractivity contribution >= 4 is 28.2 Å². The van der Waals surface area contributed by atoms with Gasteiger partial charge in [0.05, 0.1) is 6.54 Å². The van der Waals surface area contributed by atoms with Crippen LogP contribution >= 0.6 is 11.6 Å². The van der Waals surface area contributed by atoms with Gasteiger partial charge in [-0.3, -0.25) is 0 Å². The number of nitrogens with zero attached hydrogens (tertiary/aromatic N) is 3. The zero-order chi connectivity index (χ0) is 19.5. The molecule has 2 N–H and O–H groups in total. The first-order valence-electron chi connectivity index (χ1n) is 8.76. The Morgan fingerprint density at radius 2 is 1.71 bits per heavy atom. The molecule has 0 aliphatic carbocycles. The standard InChI is InChI=1S/C22H17ClN4O/c23-20-11-4-2-7-17(20)14-28-22-19(12-24)21(25)27(26-22)13-16-9-5-8-15-6-1-3-10-18(15)16/h1-11H,13-14,25H2. The van der Waals surface area contributed by atoms with Crippen molar-refractivity contribution in [3.8, 4) is 11.9 Å². The molecule has 0 amide bonds. The monoisotopic (exact) mass is 388 g/mol. The molecule has 3 aromatic carbocycles. The second-order valence-electron chi connectivity index (χ2n) is 6.35. The molecule has 0 bridgehead atoms. The van der Waals surface area contributed by atoms with E-state index in [0.717, 1.165) is 21.9 Å². The average molecular weight is 389 g/mol. The van der Waals surface area contributed by atoms with Crippen LogP contribution in [0.15, 0.2) is 66.7 Å². The molecular weight excluding hydrogens is 372 g/mol. The highest BCUT2D eigenvalue weighted by atomic mass is 35.5. The van der Waals surface area contributed by atoms with Crippen LogP contribution in [0.4, 0.5) is 5.82 Å². The fraction of sp³-hybridized carbons (Fsp3) is 0.0909. The Morgan fingerprint density at radius 1 is 1.00 bits per heavy atom. The molecule has 138 valence electrons. The molecule has 0 fully saturated rings. The molecule has 6 heteroatoms. The van der Waals surface area contributed by atoms with Gasteiger partial charge in [-0.2, -0.15) is 5.26 Å². The maximum atomic E-state index is 9.51. The molecule has 28 heavy (non-hydrogen) atoms. The zero-order valence-electron chi connectivity index (χ0n) is 15.0. The van der Waals surface area contributed by atoms with E-state index in [2.05, 4.69) is 29.4 Å². The highest BCUT2D eigenvalue weighted by Crippen LogP contribution is 2.27. The van der Waals surface area contributed by atoms with Gasteiger partial charge in [-0.1, -0.05) is 72.3 Å². The van der Waals surface area contributed by atoms with E-state index >= 15 is 0 Å². The molecule has 0 saturated heterocycles. The summed E-state index contributed by atoms with van der Waals surface area (Å²) < 4.78 is 7.36. The summed E-state index contributed by atoms with van der Waals surface area (Å²) in [4.78, 5) is 0. The minimum atomic E-state index is 0.207. The fourth-order valence-corrected chi connectivity index (χ4v) is 3.32. The van der Waals surface area contributed by atoms with Crippen LogP contribution in [0.3, 0.4) is 0 Å². The first kappa shape index (κ1) is 17.9. The smallest absolute Gasteiger partial charge is 0.253 e. The molecule has 0 aliphatic rings. The number of rotatable bonds is 5. The topological polar surface area (TPSA) is 76.9 Å². The maximum Gasteiger partial charge on any atom is 0.253 e. The molecule has 0 unspecified atom stereocenters. The number of nitriles is 1. The van der Waals surface area contributed by atoms with Gasteiger partial charge in [0.1, 0.15) is 18.5 Å². The van der Waals surface area contributed by atoms with Crippen molar-refractivity contribution in [1.29, 1.82) is 5.26 Å². The number of nitrogens with two attached hydrogens (primary N) is 1. The second kappa shape index (κ2) is 7.63. The number of hydrogen-bond acceptors (Lipinski definition) is 4. The molecule has 0 radical (unpaired) electrons. The summed E-state index contributed by atoms with van der Waals surface area (Å²) in [7, 11) is 0. The lowest BCUT2D eigenvalue weighted by Crippen LogP contribution is -2.07. The summed E-state index contributed by atoms with van der Waals surface area (Å²) in [5.41, 5.74) is 8.29. The third kappa shape index (κ3) is 3.38. The number of anilines is 1. The van der Waals surface area contributed by atoms with Gasteiger partial charge in [-0.25, -0.2) is 4.68 Å². The lowest BCUT2D eigenvalue weighted by molar-refractivity contribution is 0.289. The van der Waals surface area contributed by atoms with E-state index in [4.69, 9.17) is 22.1 Å². The third-order valence-electron chi connectivity index (χ3n) is 4.59. The van der Waals surface area contributed by atoms with E-state index in [1.54, 1.807) is 10.7 Å². The summed E-state index contributed by atoms with van der Waals surface area (Å²) in [6.07, 6.45) is 0. The third-order valence-corrected chi connectivity index (χ3v) is 4.96. The van der Waals surface area contributed by atoms with Crippen molar-refractivity contribution in [3.63, 3.8) is 0 Å². The molecule has 1 aromatic heterocycles. The summed E-state index contributed by atoms with van der Waals surface area (Å²) >= 11 is 6.17. The van der Waals surface area contributed by atoms with Crippen molar-refractivity contribution < 1.29 is 4.74 Å². The van der Waals surface area contributed by atoms with E-state index < -0.39 is 0 Å². The number of benzene rings is 3. The molecule has 0 spiro atoms. The average Bonchev–Trinajstić information content (AvgIpc) is 3.02. The number of nitrogen functional groups attached to an aromatic ring is 1. The Kier molecular flexibility index (Phi) is 4.88. The Labute approximate surface area is 167 Å². The number of hydrogen-bond donors (Lipinski definition) is 1. The number of fused-ring (bicyclic) bond motifs is 1. The first-order valence-corrected chi connectivity index (χ1v) is 9.14. The molecule has 0 atom stereocenters. The lowest BCUT2D eigenvalue weighted by Gasteiger charge is -2.08. The van der Waals surface area contributed by atoms with Gasteiger partial charge in [0.2, 0.25) is 0 Å². The van der Waals surface area contributed by atoms with Crippen molar-refractivity contribution in [2.45, 2.75) is 13.2 Å². The van der Waals surface area contributed by atoms with Crippen molar-refractivity contribution in [1.82, 2.24) is 9.78 Å². The largest absolute Gasteiger partial charge is 0.471 e. The minimum absolute atomic E-state index is 0.207. The Balaban J connectivity index is 1.64. The highest BCUT2D eigenvalue weighted by Gasteiger charge is 2.18. The maximum absolute atomic E-state index is 9.51. The second-order valence-corrected chi connectivity index (χ2v) is 6.76. The Hall–Kier alpha value is -3.49. The predicted octanol–water partition coefficient (Wildman–Crippen LogP) is 4.77. The van der Waals surface area contributed by atoms with E-state index in [1.807, 2.05) is 42.5 Å². The van der Waals surface area contributed by atoms with Crippen LogP contribution < -0.4 is 10.5 Å². The SMILES string of the molecule is N#Cc1c(OCc2ccccc2Cl)nn(Cc2cccc3ccccc23)c1N. The number of ether oxygens (including phenoxy) is 1. The van der Waals surface area contributed by atoms with Gasteiger partial charge in [0.15, 0.2) is 5.56 Å². The lowest BCUT2D eigenvalue weighted by atomic mass is 10.0. The normalized spacial score (nSPS) is 10.7. The fourth-order valence-electron chi connectivity index (χ4n) is 3.13. The quantitative estimate of drug-likeness (QED) is 0.534. The van der Waals surface area contributed by atoms with Gasteiger partial charge >= 0.3 is 0 Å². The van der Waals surface area contributed by atoms with Crippen molar-refractivity contribution in [3.05, 3.63) is 88.4 Å². The van der Waals surface area contributed by atoms with E-state index in [1.165, 1.54) is 0 Å². The molecule has 5 nitrogen and oxygen atoms in total. The minimum Gasteiger partial charge on any atom is -0.471 e. The molecule has 0 saturated carbocycles. The van der Waals surface area contributed by atoms with E-state index in [-0.39, 0.29) is 23.9 Å². The summed E-state index contributed by atoms with van der Waals surface area (Å²) in [6, 6.07) is 23.7. The summed E-state index contributed by atoms with van der Waals surface area (Å²) in [5.74, 6) is 0.491. The summed E-state index contributed by atoms with van der Waals surface area (Å²) in [6.45, 7) is 0.649. The van der Waals surface area contributed by atoms with Crippen LogP contribution in [-0.4, -0.2) is 9.78 Å². The van der Waals surface area contributed by atoms with Crippen LogP contribution in [0.2, 0.25) is 5.02 Å². The van der Waals surface area contributed by atoms with Gasteiger partial charge in [0.25, 0.3) is 5.88 Å². The van der Waals surface area contributed by atoms with Crippen LogP contribution in [0.1, 0.15) is 16.7 Å². The number of aromatic nitrogens is 2. The van der Waals surface area contributed by atoms with Gasteiger partial charge in [-0.15, -0.1) is 5.10 Å². The molecule has 0 aliphatic heterocycles.